The molecule has 5 nitrogen and oxygen atoms in total. The summed E-state index contributed by atoms with van der Waals surface area (Å²) in [5.41, 5.74) is 0.385. The smallest absolute Gasteiger partial charge is 0.262 e. The van der Waals surface area contributed by atoms with Gasteiger partial charge in [0.15, 0.2) is 11.6 Å². The Hall–Kier alpha value is -2.28. The third-order valence-corrected chi connectivity index (χ3v) is 4.31. The van der Waals surface area contributed by atoms with Crippen LogP contribution in [0.15, 0.2) is 47.4 Å². The quantitative estimate of drug-likeness (QED) is 0.839. The van der Waals surface area contributed by atoms with Crippen molar-refractivity contribution in [1.29, 1.82) is 0 Å². The van der Waals surface area contributed by atoms with Crippen LogP contribution in [0.2, 0.25) is 0 Å². The van der Waals surface area contributed by atoms with Gasteiger partial charge in [-0.3, -0.25) is 4.72 Å². The molecule has 23 heavy (non-hydrogen) atoms. The first-order valence-corrected chi connectivity index (χ1v) is 8.62. The fourth-order valence-corrected chi connectivity index (χ4v) is 2.99. The van der Waals surface area contributed by atoms with Crippen LogP contribution in [-0.2, 0) is 10.0 Å². The number of benzene rings is 2. The van der Waals surface area contributed by atoms with Crippen LogP contribution in [-0.4, -0.2) is 21.6 Å². The monoisotopic (exact) mass is 339 g/mol. The van der Waals surface area contributed by atoms with Crippen molar-refractivity contribution in [2.75, 3.05) is 17.9 Å². The SMILES string of the molecule is CCOc1ccc(NS(=O)(=O)c2ccc(F)c(OCC)c2)cc1. The molecule has 0 bridgehead atoms. The minimum Gasteiger partial charge on any atom is -0.494 e. The number of hydrogen-bond acceptors (Lipinski definition) is 4. The van der Waals surface area contributed by atoms with Gasteiger partial charge < -0.3 is 9.47 Å². The predicted octanol–water partition coefficient (Wildman–Crippen LogP) is 3.42. The van der Waals surface area contributed by atoms with E-state index in [1.165, 1.54) is 6.07 Å². The van der Waals surface area contributed by atoms with E-state index in [1.807, 2.05) is 6.92 Å². The first-order valence-electron chi connectivity index (χ1n) is 7.14. The topological polar surface area (TPSA) is 64.6 Å². The minimum atomic E-state index is -3.83. The summed E-state index contributed by atoms with van der Waals surface area (Å²) in [5, 5.41) is 0. The van der Waals surface area contributed by atoms with Gasteiger partial charge in [-0.1, -0.05) is 0 Å². The highest BCUT2D eigenvalue weighted by atomic mass is 32.2. The molecule has 0 unspecified atom stereocenters. The molecule has 0 aliphatic heterocycles. The molecule has 0 radical (unpaired) electrons. The molecule has 0 amide bonds. The Morgan fingerprint density at radius 1 is 1.00 bits per heavy atom. The van der Waals surface area contributed by atoms with Crippen LogP contribution in [0.1, 0.15) is 13.8 Å². The summed E-state index contributed by atoms with van der Waals surface area (Å²) in [5.74, 6) is -0.0511. The van der Waals surface area contributed by atoms with Crippen LogP contribution < -0.4 is 14.2 Å². The van der Waals surface area contributed by atoms with Crippen molar-refractivity contribution in [1.82, 2.24) is 0 Å². The Balaban J connectivity index is 2.22. The molecule has 1 N–H and O–H groups in total. The normalized spacial score (nSPS) is 11.1. The number of hydrogen-bond donors (Lipinski definition) is 1. The number of nitrogens with one attached hydrogen (secondary N) is 1. The Bertz CT molecular complexity index is 760. The van der Waals surface area contributed by atoms with Crippen LogP contribution in [0.3, 0.4) is 0 Å². The molecule has 0 saturated heterocycles. The fourth-order valence-electron chi connectivity index (χ4n) is 1.92. The maximum absolute atomic E-state index is 13.5. The van der Waals surface area contributed by atoms with E-state index in [0.29, 0.717) is 18.0 Å². The lowest BCUT2D eigenvalue weighted by molar-refractivity contribution is 0.320. The van der Waals surface area contributed by atoms with Crippen molar-refractivity contribution in [3.05, 3.63) is 48.3 Å². The van der Waals surface area contributed by atoms with Crippen molar-refractivity contribution >= 4 is 15.7 Å². The molecule has 0 aliphatic carbocycles. The van der Waals surface area contributed by atoms with Gasteiger partial charge in [0.1, 0.15) is 5.75 Å². The fraction of sp³-hybridized carbons (Fsp3) is 0.250. The van der Waals surface area contributed by atoms with Gasteiger partial charge in [0, 0.05) is 11.8 Å². The average molecular weight is 339 g/mol. The molecule has 0 heterocycles. The van der Waals surface area contributed by atoms with E-state index >= 15 is 0 Å². The maximum atomic E-state index is 13.5. The van der Waals surface area contributed by atoms with Crippen LogP contribution in [0.5, 0.6) is 11.5 Å². The van der Waals surface area contributed by atoms with Crippen molar-refractivity contribution in [3.8, 4) is 11.5 Å². The molecular formula is C16H18FNO4S. The van der Waals surface area contributed by atoms with Crippen molar-refractivity contribution < 1.29 is 22.3 Å². The summed E-state index contributed by atoms with van der Waals surface area (Å²) in [6.07, 6.45) is 0. The van der Waals surface area contributed by atoms with Gasteiger partial charge in [-0.2, -0.15) is 0 Å². The lowest BCUT2D eigenvalue weighted by atomic mass is 10.3. The number of halogens is 1. The average Bonchev–Trinajstić information content (AvgIpc) is 2.51. The predicted molar refractivity (Wildman–Crippen MR) is 86.0 cm³/mol. The zero-order chi connectivity index (χ0) is 16.9. The summed E-state index contributed by atoms with van der Waals surface area (Å²) < 4.78 is 51.1. The van der Waals surface area contributed by atoms with Gasteiger partial charge >= 0.3 is 0 Å². The number of sulfonamides is 1. The van der Waals surface area contributed by atoms with E-state index in [-0.39, 0.29) is 17.3 Å². The van der Waals surface area contributed by atoms with Gasteiger partial charge in [0.2, 0.25) is 0 Å². The first-order chi connectivity index (χ1) is 11.0. The van der Waals surface area contributed by atoms with Gasteiger partial charge in [0.05, 0.1) is 18.1 Å². The highest BCUT2D eigenvalue weighted by molar-refractivity contribution is 7.92. The molecule has 7 heteroatoms. The molecule has 124 valence electrons. The molecule has 2 rings (SSSR count). The molecule has 0 atom stereocenters. The number of rotatable bonds is 7. The molecule has 0 aromatic heterocycles. The van der Waals surface area contributed by atoms with Crippen molar-refractivity contribution in [2.45, 2.75) is 18.7 Å². The van der Waals surface area contributed by atoms with Crippen molar-refractivity contribution in [3.63, 3.8) is 0 Å². The Labute approximate surface area is 135 Å². The Kier molecular flexibility index (Phi) is 5.44. The highest BCUT2D eigenvalue weighted by Gasteiger charge is 2.17. The summed E-state index contributed by atoms with van der Waals surface area (Å²) in [7, 11) is -3.83. The van der Waals surface area contributed by atoms with Crippen LogP contribution in [0.4, 0.5) is 10.1 Å². The zero-order valence-electron chi connectivity index (χ0n) is 12.9. The molecule has 2 aromatic carbocycles. The molecular weight excluding hydrogens is 321 g/mol. The first kappa shape index (κ1) is 17.1. The van der Waals surface area contributed by atoms with E-state index in [2.05, 4.69) is 4.72 Å². The van der Waals surface area contributed by atoms with E-state index in [4.69, 9.17) is 9.47 Å². The Morgan fingerprint density at radius 3 is 2.26 bits per heavy atom. The molecule has 0 fully saturated rings. The maximum Gasteiger partial charge on any atom is 0.262 e. The Morgan fingerprint density at radius 2 is 1.65 bits per heavy atom. The van der Waals surface area contributed by atoms with E-state index in [0.717, 1.165) is 12.1 Å². The van der Waals surface area contributed by atoms with E-state index in [1.54, 1.807) is 31.2 Å². The van der Waals surface area contributed by atoms with Crippen molar-refractivity contribution in [2.24, 2.45) is 0 Å². The van der Waals surface area contributed by atoms with Gasteiger partial charge in [-0.25, -0.2) is 12.8 Å². The third kappa shape index (κ3) is 4.35. The minimum absolute atomic E-state index is 0.0729. The van der Waals surface area contributed by atoms with Crippen LogP contribution in [0, 0.1) is 5.82 Å². The summed E-state index contributed by atoms with van der Waals surface area (Å²) in [6.45, 7) is 4.33. The standard InChI is InChI=1S/C16H18FNO4S/c1-3-21-13-7-5-12(6-8-13)18-23(19,20)14-9-10-15(17)16(11-14)22-4-2/h5-11,18H,3-4H2,1-2H3. The molecule has 0 spiro atoms. The van der Waals surface area contributed by atoms with Gasteiger partial charge in [-0.15, -0.1) is 0 Å². The molecule has 0 aliphatic rings. The molecule has 2 aromatic rings. The van der Waals surface area contributed by atoms with Crippen LogP contribution in [0.25, 0.3) is 0 Å². The lowest BCUT2D eigenvalue weighted by Crippen LogP contribution is -2.13. The number of ether oxygens (including phenoxy) is 2. The third-order valence-electron chi connectivity index (χ3n) is 2.93. The van der Waals surface area contributed by atoms with Crippen LogP contribution >= 0.6 is 0 Å². The van der Waals surface area contributed by atoms with Gasteiger partial charge in [0.25, 0.3) is 10.0 Å². The van der Waals surface area contributed by atoms with E-state index < -0.39 is 15.8 Å². The highest BCUT2D eigenvalue weighted by Crippen LogP contribution is 2.24. The zero-order valence-corrected chi connectivity index (χ0v) is 13.7. The second-order valence-electron chi connectivity index (χ2n) is 4.59. The number of anilines is 1. The molecule has 0 saturated carbocycles. The summed E-state index contributed by atoms with van der Waals surface area (Å²) in [6, 6.07) is 9.93. The largest absolute Gasteiger partial charge is 0.494 e. The summed E-state index contributed by atoms with van der Waals surface area (Å²) >= 11 is 0. The second-order valence-corrected chi connectivity index (χ2v) is 6.27. The lowest BCUT2D eigenvalue weighted by Gasteiger charge is -2.11. The van der Waals surface area contributed by atoms with Gasteiger partial charge in [-0.05, 0) is 50.2 Å². The van der Waals surface area contributed by atoms with E-state index in [9.17, 15) is 12.8 Å². The summed E-state index contributed by atoms with van der Waals surface area (Å²) in [4.78, 5) is -0.0729. The second kappa shape index (κ2) is 7.32.